The van der Waals surface area contributed by atoms with Crippen molar-refractivity contribution in [2.24, 2.45) is 5.92 Å². The largest absolute Gasteiger partial charge is 0.492 e. The normalized spacial score (nSPS) is 23.1. The van der Waals surface area contributed by atoms with Crippen LogP contribution in [0.15, 0.2) is 36.5 Å². The molecule has 2 aromatic rings. The summed E-state index contributed by atoms with van der Waals surface area (Å²) in [6.07, 6.45) is 8.49. The molecule has 2 atom stereocenters. The summed E-state index contributed by atoms with van der Waals surface area (Å²) in [7, 11) is 1.90. The highest BCUT2D eigenvalue weighted by Gasteiger charge is 2.29. The van der Waals surface area contributed by atoms with Gasteiger partial charge in [-0.1, -0.05) is 18.2 Å². The van der Waals surface area contributed by atoms with Crippen molar-refractivity contribution in [1.82, 2.24) is 15.2 Å². The number of carbonyl (C=O) groups excluding carboxylic acids is 1. The van der Waals surface area contributed by atoms with Crippen molar-refractivity contribution >= 4 is 5.91 Å². The summed E-state index contributed by atoms with van der Waals surface area (Å²) in [6.45, 7) is 1.87. The molecule has 3 aliphatic rings. The number of hydrogen-bond acceptors (Lipinski definition) is 4. The summed E-state index contributed by atoms with van der Waals surface area (Å²) in [5.74, 6) is 1.43. The first-order valence-corrected chi connectivity index (χ1v) is 10.9. The summed E-state index contributed by atoms with van der Waals surface area (Å²) >= 11 is 0. The summed E-state index contributed by atoms with van der Waals surface area (Å²) in [6, 6.07) is 11.2. The topological polar surface area (TPSA) is 54.5 Å². The monoisotopic (exact) mass is 391 g/mol. The van der Waals surface area contributed by atoms with E-state index in [0.29, 0.717) is 17.7 Å². The molecule has 5 nitrogen and oxygen atoms in total. The lowest BCUT2D eigenvalue weighted by molar-refractivity contribution is 0.0731. The van der Waals surface area contributed by atoms with Gasteiger partial charge >= 0.3 is 0 Å². The molecular formula is C24H29N3O2. The van der Waals surface area contributed by atoms with Crippen LogP contribution in [0, 0.1) is 5.92 Å². The number of nitrogens with one attached hydrogen (secondary N) is 1. The second kappa shape index (κ2) is 7.79. The fraction of sp³-hybridized carbons (Fsp3) is 0.500. The number of likely N-dealkylation sites (N-methyl/N-ethyl adjacent to an activating group) is 1. The lowest BCUT2D eigenvalue weighted by Gasteiger charge is -2.24. The van der Waals surface area contributed by atoms with Crippen LogP contribution in [0.5, 0.6) is 5.75 Å². The maximum Gasteiger partial charge on any atom is 0.272 e. The van der Waals surface area contributed by atoms with Crippen LogP contribution < -0.4 is 10.1 Å². The summed E-state index contributed by atoms with van der Waals surface area (Å²) in [4.78, 5) is 19.2. The fourth-order valence-corrected chi connectivity index (χ4v) is 4.51. The number of ether oxygens (including phenoxy) is 1. The molecule has 0 spiro atoms. The van der Waals surface area contributed by atoms with Crippen LogP contribution in [-0.4, -0.2) is 42.0 Å². The van der Waals surface area contributed by atoms with Gasteiger partial charge in [0.25, 0.3) is 5.91 Å². The zero-order valence-electron chi connectivity index (χ0n) is 17.1. The van der Waals surface area contributed by atoms with Crippen LogP contribution in [0.3, 0.4) is 0 Å². The Hall–Kier alpha value is -2.40. The van der Waals surface area contributed by atoms with Crippen molar-refractivity contribution in [2.45, 2.75) is 50.6 Å². The predicted octanol–water partition coefficient (Wildman–Crippen LogP) is 3.53. The fourth-order valence-electron chi connectivity index (χ4n) is 4.51. The molecule has 1 N–H and O–H groups in total. The zero-order chi connectivity index (χ0) is 19.8. The number of amides is 1. The van der Waals surface area contributed by atoms with Crippen molar-refractivity contribution in [3.63, 3.8) is 0 Å². The molecule has 1 unspecified atom stereocenters. The van der Waals surface area contributed by atoms with Crippen LogP contribution in [0.25, 0.3) is 0 Å². The molecule has 1 aliphatic heterocycles. The van der Waals surface area contributed by atoms with E-state index in [2.05, 4.69) is 28.5 Å². The van der Waals surface area contributed by atoms with Crippen molar-refractivity contribution < 1.29 is 9.53 Å². The molecule has 2 heterocycles. The van der Waals surface area contributed by atoms with Gasteiger partial charge in [0.2, 0.25) is 0 Å². The molecular weight excluding hydrogens is 362 g/mol. The quantitative estimate of drug-likeness (QED) is 0.818. The molecule has 1 aromatic carbocycles. The smallest absolute Gasteiger partial charge is 0.272 e. The number of hydrogen-bond donors (Lipinski definition) is 1. The van der Waals surface area contributed by atoms with Crippen molar-refractivity contribution in [2.75, 3.05) is 20.2 Å². The lowest BCUT2D eigenvalue weighted by atomic mass is 10.0. The van der Waals surface area contributed by atoms with E-state index in [-0.39, 0.29) is 11.9 Å². The Morgan fingerprint density at radius 3 is 2.76 bits per heavy atom. The van der Waals surface area contributed by atoms with Gasteiger partial charge in [-0.05, 0) is 79.8 Å². The minimum Gasteiger partial charge on any atom is -0.492 e. The van der Waals surface area contributed by atoms with Crippen LogP contribution in [0.2, 0.25) is 0 Å². The number of fused-ring (bicyclic) bond motifs is 1. The van der Waals surface area contributed by atoms with Crippen LogP contribution in [-0.2, 0) is 12.8 Å². The molecule has 2 aliphatic carbocycles. The Balaban J connectivity index is 1.22. The van der Waals surface area contributed by atoms with E-state index in [1.165, 1.54) is 42.4 Å². The highest BCUT2D eigenvalue weighted by molar-refractivity contribution is 5.92. The van der Waals surface area contributed by atoms with Gasteiger partial charge in [0.15, 0.2) is 0 Å². The Morgan fingerprint density at radius 2 is 2.03 bits per heavy atom. The second-order valence-electron chi connectivity index (χ2n) is 8.79. The van der Waals surface area contributed by atoms with E-state index in [1.807, 2.05) is 18.0 Å². The first kappa shape index (κ1) is 18.6. The van der Waals surface area contributed by atoms with Crippen LogP contribution in [0.1, 0.15) is 58.9 Å². The predicted molar refractivity (Wildman–Crippen MR) is 112 cm³/mol. The van der Waals surface area contributed by atoms with Gasteiger partial charge in [0, 0.05) is 19.1 Å². The van der Waals surface area contributed by atoms with E-state index in [1.54, 1.807) is 12.3 Å². The number of nitrogens with zero attached hydrogens (tertiary/aromatic N) is 2. The maximum absolute atomic E-state index is 13.0. The Morgan fingerprint density at radius 1 is 1.17 bits per heavy atom. The van der Waals surface area contributed by atoms with E-state index >= 15 is 0 Å². The average Bonchev–Trinajstić information content (AvgIpc) is 3.24. The average molecular weight is 392 g/mol. The van der Waals surface area contributed by atoms with Gasteiger partial charge in [-0.25, -0.2) is 4.98 Å². The van der Waals surface area contributed by atoms with E-state index in [0.717, 1.165) is 31.7 Å². The second-order valence-corrected chi connectivity index (χ2v) is 8.79. The standard InChI is InChI=1S/C24H29N3O2/c1-27(24(28)23-9-8-21(14-26-23)29-15-16-4-5-16)20-12-17-6-7-18(11-19(17)13-20)22-3-2-10-25-22/h6-9,11,14,16,20,22,25H,2-5,10,12-13,15H2,1H3/t20-,22?/m1/s1. The molecule has 0 bridgehead atoms. The van der Waals surface area contributed by atoms with E-state index < -0.39 is 0 Å². The van der Waals surface area contributed by atoms with Crippen molar-refractivity contribution in [3.8, 4) is 5.75 Å². The highest BCUT2D eigenvalue weighted by Crippen LogP contribution is 2.31. The maximum atomic E-state index is 13.0. The number of benzene rings is 1. The molecule has 2 fully saturated rings. The van der Waals surface area contributed by atoms with Gasteiger partial charge in [-0.3, -0.25) is 4.79 Å². The first-order chi connectivity index (χ1) is 14.2. The number of aromatic nitrogens is 1. The summed E-state index contributed by atoms with van der Waals surface area (Å²) in [5.41, 5.74) is 4.63. The van der Waals surface area contributed by atoms with Crippen LogP contribution >= 0.6 is 0 Å². The van der Waals surface area contributed by atoms with Crippen LogP contribution in [0.4, 0.5) is 0 Å². The van der Waals surface area contributed by atoms with Gasteiger partial charge in [0.05, 0.1) is 12.8 Å². The van der Waals surface area contributed by atoms with Gasteiger partial charge in [-0.2, -0.15) is 0 Å². The zero-order valence-corrected chi connectivity index (χ0v) is 17.1. The molecule has 1 saturated heterocycles. The molecule has 29 heavy (non-hydrogen) atoms. The Labute approximate surface area is 172 Å². The van der Waals surface area contributed by atoms with Gasteiger partial charge in [-0.15, -0.1) is 0 Å². The molecule has 5 rings (SSSR count). The minimum absolute atomic E-state index is 0.0192. The number of carbonyl (C=O) groups is 1. The molecule has 1 saturated carbocycles. The van der Waals surface area contributed by atoms with Gasteiger partial charge in [0.1, 0.15) is 11.4 Å². The Bertz CT molecular complexity index is 885. The van der Waals surface area contributed by atoms with Crippen molar-refractivity contribution in [1.29, 1.82) is 0 Å². The number of rotatable bonds is 6. The Kier molecular flexibility index (Phi) is 5.00. The third kappa shape index (κ3) is 4.01. The lowest BCUT2D eigenvalue weighted by Crippen LogP contribution is -2.38. The van der Waals surface area contributed by atoms with E-state index in [4.69, 9.17) is 4.74 Å². The SMILES string of the molecule is CN(C(=O)c1ccc(OCC2CC2)cn1)[C@@H]1Cc2ccc(C3CCCN3)cc2C1. The first-order valence-electron chi connectivity index (χ1n) is 10.9. The molecule has 152 valence electrons. The number of pyridine rings is 1. The van der Waals surface area contributed by atoms with E-state index in [9.17, 15) is 4.79 Å². The highest BCUT2D eigenvalue weighted by atomic mass is 16.5. The third-order valence-corrected chi connectivity index (χ3v) is 6.61. The minimum atomic E-state index is -0.0192. The summed E-state index contributed by atoms with van der Waals surface area (Å²) < 4.78 is 5.73. The van der Waals surface area contributed by atoms with Gasteiger partial charge < -0.3 is 15.0 Å². The third-order valence-electron chi connectivity index (χ3n) is 6.61. The molecule has 1 amide bonds. The van der Waals surface area contributed by atoms with Crippen molar-refractivity contribution in [3.05, 3.63) is 58.9 Å². The molecule has 0 radical (unpaired) electrons. The summed E-state index contributed by atoms with van der Waals surface area (Å²) in [5, 5.41) is 3.58. The molecule has 1 aromatic heterocycles. The molecule has 5 heteroatoms.